The molecule has 0 aromatic carbocycles. The van der Waals surface area contributed by atoms with E-state index in [2.05, 4.69) is 27.3 Å². The zero-order chi connectivity index (χ0) is 13.4. The third kappa shape index (κ3) is 5.65. The Kier molecular flexibility index (Phi) is 8.58. The van der Waals surface area contributed by atoms with Crippen molar-refractivity contribution < 1.29 is 13.3 Å². The lowest BCUT2D eigenvalue weighted by Gasteiger charge is -2.36. The summed E-state index contributed by atoms with van der Waals surface area (Å²) >= 11 is 0. The first kappa shape index (κ1) is 17.3. The van der Waals surface area contributed by atoms with E-state index >= 15 is 0 Å². The highest BCUT2D eigenvalue weighted by Crippen LogP contribution is 2.29. The fourth-order valence-electron chi connectivity index (χ4n) is 2.40. The Morgan fingerprint density at radius 1 is 0.706 bits per heavy atom. The van der Waals surface area contributed by atoms with Crippen molar-refractivity contribution in [2.24, 2.45) is 0 Å². The highest BCUT2D eigenvalue weighted by atomic mass is 28.4. The Morgan fingerprint density at radius 2 is 1.12 bits per heavy atom. The molecule has 17 heavy (non-hydrogen) atoms. The standard InChI is InChI=1S/C12H30O3Si2/c1-7-13-16(6,14-8-2)12-17(10-4,11-5)15-9-3/h7-12H2,1-6H3. The summed E-state index contributed by atoms with van der Waals surface area (Å²) in [6, 6.07) is 2.31. The maximum Gasteiger partial charge on any atom is 0.334 e. The molecule has 0 spiro atoms. The second-order valence-corrected chi connectivity index (χ2v) is 12.8. The molecule has 0 aromatic heterocycles. The Bertz CT molecular complexity index is 190. The van der Waals surface area contributed by atoms with Crippen molar-refractivity contribution in [3.63, 3.8) is 0 Å². The van der Waals surface area contributed by atoms with Crippen molar-refractivity contribution in [2.75, 3.05) is 19.8 Å². The van der Waals surface area contributed by atoms with Gasteiger partial charge >= 0.3 is 8.56 Å². The molecule has 0 saturated carbocycles. The molecule has 0 rings (SSSR count). The molecule has 0 saturated heterocycles. The van der Waals surface area contributed by atoms with Crippen molar-refractivity contribution in [1.82, 2.24) is 0 Å². The first-order valence-electron chi connectivity index (χ1n) is 6.93. The molecule has 0 aromatic rings. The first-order valence-corrected chi connectivity index (χ1v) is 12.0. The van der Waals surface area contributed by atoms with Crippen molar-refractivity contribution in [1.29, 1.82) is 0 Å². The molecule has 0 aliphatic rings. The molecule has 0 fully saturated rings. The van der Waals surface area contributed by atoms with Crippen molar-refractivity contribution >= 4 is 16.9 Å². The van der Waals surface area contributed by atoms with Crippen LogP contribution in [-0.4, -0.2) is 36.7 Å². The normalized spacial score (nSPS) is 13.1. The van der Waals surface area contributed by atoms with Gasteiger partial charge in [-0.3, -0.25) is 0 Å². The monoisotopic (exact) mass is 278 g/mol. The van der Waals surface area contributed by atoms with Gasteiger partial charge in [0.05, 0.1) is 0 Å². The Labute approximate surface area is 109 Å². The average molecular weight is 279 g/mol. The summed E-state index contributed by atoms with van der Waals surface area (Å²) in [6.07, 6.45) is 0. The summed E-state index contributed by atoms with van der Waals surface area (Å²) in [6.45, 7) is 15.2. The molecule has 3 nitrogen and oxygen atoms in total. The lowest BCUT2D eigenvalue weighted by atomic mass is 10.9. The predicted molar refractivity (Wildman–Crippen MR) is 78.0 cm³/mol. The molecule has 0 amide bonds. The van der Waals surface area contributed by atoms with Crippen LogP contribution < -0.4 is 0 Å². The van der Waals surface area contributed by atoms with E-state index in [0.717, 1.165) is 37.6 Å². The predicted octanol–water partition coefficient (Wildman–Crippen LogP) is 3.69. The van der Waals surface area contributed by atoms with E-state index in [1.807, 2.05) is 13.8 Å². The third-order valence-electron chi connectivity index (χ3n) is 3.28. The number of rotatable bonds is 10. The van der Waals surface area contributed by atoms with Crippen LogP contribution in [0.5, 0.6) is 0 Å². The zero-order valence-corrected chi connectivity index (χ0v) is 14.5. The van der Waals surface area contributed by atoms with Crippen LogP contribution >= 0.6 is 0 Å². The van der Waals surface area contributed by atoms with E-state index < -0.39 is 16.9 Å². The molecular formula is C12H30O3Si2. The van der Waals surface area contributed by atoms with Gasteiger partial charge in [0.2, 0.25) is 0 Å². The molecule has 0 atom stereocenters. The van der Waals surface area contributed by atoms with Crippen LogP contribution in [0.3, 0.4) is 0 Å². The van der Waals surface area contributed by atoms with E-state index in [1.165, 1.54) is 0 Å². The van der Waals surface area contributed by atoms with Crippen LogP contribution in [0, 0.1) is 0 Å². The molecule has 0 heterocycles. The summed E-state index contributed by atoms with van der Waals surface area (Å²) in [5.41, 5.74) is 1.06. The van der Waals surface area contributed by atoms with E-state index in [9.17, 15) is 0 Å². The lowest BCUT2D eigenvalue weighted by molar-refractivity contribution is 0.190. The van der Waals surface area contributed by atoms with Crippen molar-refractivity contribution in [3.8, 4) is 0 Å². The van der Waals surface area contributed by atoms with Gasteiger partial charge in [0.1, 0.15) is 0 Å². The number of hydrogen-bond donors (Lipinski definition) is 0. The van der Waals surface area contributed by atoms with Gasteiger partial charge in [0.25, 0.3) is 0 Å². The molecule has 104 valence electrons. The molecule has 0 N–H and O–H groups in total. The van der Waals surface area contributed by atoms with Crippen LogP contribution in [0.4, 0.5) is 0 Å². The summed E-state index contributed by atoms with van der Waals surface area (Å²) in [7, 11) is -3.67. The fourth-order valence-corrected chi connectivity index (χ4v) is 13.1. The minimum atomic E-state index is -2.03. The quantitative estimate of drug-likeness (QED) is 0.570. The third-order valence-corrected chi connectivity index (χ3v) is 13.7. The fraction of sp³-hybridized carbons (Fsp3) is 1.00. The molecule has 0 radical (unpaired) electrons. The van der Waals surface area contributed by atoms with E-state index in [-0.39, 0.29) is 0 Å². The van der Waals surface area contributed by atoms with Gasteiger partial charge in [0, 0.05) is 25.5 Å². The second-order valence-electron chi connectivity index (χ2n) is 4.50. The van der Waals surface area contributed by atoms with Gasteiger partial charge in [-0.15, -0.1) is 0 Å². The van der Waals surface area contributed by atoms with Crippen LogP contribution in [0.2, 0.25) is 24.3 Å². The molecule has 0 unspecified atom stereocenters. The summed E-state index contributed by atoms with van der Waals surface area (Å²) in [4.78, 5) is 0. The summed E-state index contributed by atoms with van der Waals surface area (Å²) < 4.78 is 18.0. The minimum absolute atomic E-state index is 0.743. The van der Waals surface area contributed by atoms with Crippen LogP contribution in [0.25, 0.3) is 0 Å². The lowest BCUT2D eigenvalue weighted by Crippen LogP contribution is -2.51. The molecule has 0 aliphatic carbocycles. The van der Waals surface area contributed by atoms with E-state index in [0.29, 0.717) is 0 Å². The average Bonchev–Trinajstić information content (AvgIpc) is 2.29. The molecule has 5 heteroatoms. The maximum atomic E-state index is 6.13. The smallest absolute Gasteiger partial charge is 0.334 e. The summed E-state index contributed by atoms with van der Waals surface area (Å²) in [5, 5.41) is 0. The molecular weight excluding hydrogens is 248 g/mol. The molecule has 0 aliphatic heterocycles. The topological polar surface area (TPSA) is 27.7 Å². The Hall–Kier alpha value is 0.314. The minimum Gasteiger partial charge on any atom is -0.417 e. The van der Waals surface area contributed by atoms with Gasteiger partial charge in [0.15, 0.2) is 8.32 Å². The van der Waals surface area contributed by atoms with E-state index in [1.54, 1.807) is 0 Å². The SMILES string of the molecule is CCO[Si](CC)(CC)C[Si](C)(OCC)OCC. The van der Waals surface area contributed by atoms with Gasteiger partial charge in [-0.25, -0.2) is 0 Å². The highest BCUT2D eigenvalue weighted by Gasteiger charge is 2.43. The van der Waals surface area contributed by atoms with Crippen LogP contribution in [0.15, 0.2) is 0 Å². The highest BCUT2D eigenvalue weighted by molar-refractivity contribution is 6.88. The maximum absolute atomic E-state index is 6.13. The largest absolute Gasteiger partial charge is 0.417 e. The van der Waals surface area contributed by atoms with Crippen molar-refractivity contribution in [2.45, 2.75) is 58.9 Å². The summed E-state index contributed by atoms with van der Waals surface area (Å²) in [5.74, 6) is 0. The van der Waals surface area contributed by atoms with Gasteiger partial charge in [-0.05, 0) is 39.4 Å². The van der Waals surface area contributed by atoms with Crippen LogP contribution in [0.1, 0.15) is 34.6 Å². The van der Waals surface area contributed by atoms with Crippen LogP contribution in [-0.2, 0) is 13.3 Å². The zero-order valence-electron chi connectivity index (χ0n) is 12.5. The van der Waals surface area contributed by atoms with Gasteiger partial charge in [-0.2, -0.15) is 0 Å². The van der Waals surface area contributed by atoms with Gasteiger partial charge < -0.3 is 13.3 Å². The molecule has 0 bridgehead atoms. The van der Waals surface area contributed by atoms with Gasteiger partial charge in [-0.1, -0.05) is 13.8 Å². The van der Waals surface area contributed by atoms with E-state index in [4.69, 9.17) is 13.3 Å². The first-order chi connectivity index (χ1) is 8.01. The Morgan fingerprint density at radius 3 is 1.41 bits per heavy atom. The second kappa shape index (κ2) is 8.42. The van der Waals surface area contributed by atoms with Crippen molar-refractivity contribution in [3.05, 3.63) is 0 Å². The number of hydrogen-bond acceptors (Lipinski definition) is 3. The Balaban J connectivity index is 4.77.